The first-order valence-electron chi connectivity index (χ1n) is 13.0. The van der Waals surface area contributed by atoms with Crippen molar-refractivity contribution in [3.05, 3.63) is 60.2 Å². The van der Waals surface area contributed by atoms with Crippen LogP contribution in [0.2, 0.25) is 0 Å². The van der Waals surface area contributed by atoms with Gasteiger partial charge >= 0.3 is 6.03 Å². The molecule has 0 aromatic heterocycles. The number of nitrogens with one attached hydrogen (secondary N) is 2. The molecule has 4 amide bonds. The molecule has 2 heterocycles. The molecule has 0 unspecified atom stereocenters. The molecule has 9 nitrogen and oxygen atoms in total. The Labute approximate surface area is 218 Å². The summed E-state index contributed by atoms with van der Waals surface area (Å²) in [6.07, 6.45) is 1.62. The van der Waals surface area contributed by atoms with E-state index in [9.17, 15) is 14.4 Å². The molecular weight excluding hydrogens is 472 g/mol. The first-order chi connectivity index (χ1) is 18.0. The van der Waals surface area contributed by atoms with Gasteiger partial charge in [0.05, 0.1) is 19.8 Å². The Bertz CT molecular complexity index is 1030. The zero-order chi connectivity index (χ0) is 26.0. The number of benzene rings is 2. The highest BCUT2D eigenvalue weighted by Crippen LogP contribution is 2.22. The smallest absolute Gasteiger partial charge is 0.319 e. The molecule has 9 heteroatoms. The van der Waals surface area contributed by atoms with E-state index in [1.54, 1.807) is 29.2 Å². The predicted molar refractivity (Wildman–Crippen MR) is 140 cm³/mol. The number of nitrogens with zero attached hydrogens (tertiary/aromatic N) is 2. The topological polar surface area (TPSA) is 100 Å². The molecule has 2 aliphatic rings. The molecule has 37 heavy (non-hydrogen) atoms. The van der Waals surface area contributed by atoms with E-state index >= 15 is 0 Å². The van der Waals surface area contributed by atoms with Crippen LogP contribution in [0.4, 0.5) is 10.5 Å². The van der Waals surface area contributed by atoms with E-state index in [0.29, 0.717) is 70.9 Å². The number of ether oxygens (including phenoxy) is 2. The predicted octanol–water partition coefficient (Wildman–Crippen LogP) is 2.92. The van der Waals surface area contributed by atoms with Gasteiger partial charge in [-0.3, -0.25) is 9.59 Å². The Hall–Kier alpha value is -3.59. The van der Waals surface area contributed by atoms with Crippen LogP contribution in [0.25, 0.3) is 0 Å². The van der Waals surface area contributed by atoms with Gasteiger partial charge < -0.3 is 29.9 Å². The van der Waals surface area contributed by atoms with Crippen LogP contribution in [-0.2, 0) is 20.7 Å². The van der Waals surface area contributed by atoms with Crippen molar-refractivity contribution in [2.75, 3.05) is 51.3 Å². The molecule has 0 spiro atoms. The molecule has 1 atom stereocenters. The van der Waals surface area contributed by atoms with Gasteiger partial charge in [0.25, 0.3) is 0 Å². The number of piperidine rings is 1. The lowest BCUT2D eigenvalue weighted by Gasteiger charge is -2.36. The molecule has 2 fully saturated rings. The van der Waals surface area contributed by atoms with Crippen LogP contribution in [-0.4, -0.2) is 79.7 Å². The molecular formula is C28H36N4O5. The van der Waals surface area contributed by atoms with Gasteiger partial charge in [0.15, 0.2) is 0 Å². The van der Waals surface area contributed by atoms with Gasteiger partial charge in [0.2, 0.25) is 11.8 Å². The van der Waals surface area contributed by atoms with Gasteiger partial charge in [0, 0.05) is 44.2 Å². The number of carbonyl (C=O) groups excluding carboxylic acids is 3. The molecule has 4 rings (SSSR count). The quantitative estimate of drug-likeness (QED) is 0.571. The first kappa shape index (κ1) is 26.5. The summed E-state index contributed by atoms with van der Waals surface area (Å²) in [5.41, 5.74) is 1.56. The number of hydrogen-bond donors (Lipinski definition) is 2. The normalized spacial score (nSPS) is 17.1. The molecule has 2 aromatic rings. The van der Waals surface area contributed by atoms with E-state index < -0.39 is 12.1 Å². The van der Waals surface area contributed by atoms with Crippen molar-refractivity contribution >= 4 is 23.5 Å². The zero-order valence-electron chi connectivity index (χ0n) is 21.4. The Morgan fingerprint density at radius 3 is 2.27 bits per heavy atom. The lowest BCUT2D eigenvalue weighted by Crippen LogP contribution is -2.53. The third kappa shape index (κ3) is 7.45. The van der Waals surface area contributed by atoms with E-state index in [2.05, 4.69) is 10.6 Å². The summed E-state index contributed by atoms with van der Waals surface area (Å²) in [7, 11) is 0. The SMILES string of the molecule is CCOc1ccc(NC(=O)N[C@@H](Cc2ccccc2)C(=O)N2CCC(C(=O)N3CCOCC3)CC2)cc1. The maximum Gasteiger partial charge on any atom is 0.319 e. The van der Waals surface area contributed by atoms with Crippen molar-refractivity contribution in [1.29, 1.82) is 0 Å². The molecule has 0 saturated carbocycles. The average Bonchev–Trinajstić information content (AvgIpc) is 2.94. The molecule has 2 N–H and O–H groups in total. The van der Waals surface area contributed by atoms with Crippen molar-refractivity contribution in [3.8, 4) is 5.75 Å². The van der Waals surface area contributed by atoms with Gasteiger partial charge in [-0.25, -0.2) is 4.79 Å². The van der Waals surface area contributed by atoms with E-state index in [1.807, 2.05) is 42.2 Å². The third-order valence-corrected chi connectivity index (χ3v) is 6.79. The van der Waals surface area contributed by atoms with Crippen molar-refractivity contribution in [2.24, 2.45) is 5.92 Å². The van der Waals surface area contributed by atoms with Crippen LogP contribution in [0.1, 0.15) is 25.3 Å². The van der Waals surface area contributed by atoms with Crippen molar-refractivity contribution < 1.29 is 23.9 Å². The molecule has 2 aromatic carbocycles. The molecule has 2 saturated heterocycles. The maximum absolute atomic E-state index is 13.5. The lowest BCUT2D eigenvalue weighted by atomic mass is 9.94. The first-order valence-corrected chi connectivity index (χ1v) is 13.0. The van der Waals surface area contributed by atoms with Gasteiger partial charge in [-0.05, 0) is 49.6 Å². The van der Waals surface area contributed by atoms with E-state index in [-0.39, 0.29) is 17.7 Å². The van der Waals surface area contributed by atoms with Gasteiger partial charge in [-0.2, -0.15) is 0 Å². The number of carbonyl (C=O) groups is 3. The number of anilines is 1. The summed E-state index contributed by atoms with van der Waals surface area (Å²) in [6.45, 7) is 5.88. The standard InChI is InChI=1S/C28H36N4O5/c1-2-37-24-10-8-23(9-11-24)29-28(35)30-25(20-21-6-4-3-5-7-21)27(34)31-14-12-22(13-15-31)26(33)32-16-18-36-19-17-32/h3-11,22,25H,2,12-20H2,1H3,(H2,29,30,35)/t25-/m0/s1. The van der Waals surface area contributed by atoms with E-state index in [4.69, 9.17) is 9.47 Å². The van der Waals surface area contributed by atoms with E-state index in [0.717, 1.165) is 11.3 Å². The second-order valence-corrected chi connectivity index (χ2v) is 9.34. The number of amides is 4. The zero-order valence-corrected chi connectivity index (χ0v) is 21.4. The van der Waals surface area contributed by atoms with Crippen LogP contribution >= 0.6 is 0 Å². The van der Waals surface area contributed by atoms with Gasteiger partial charge in [0.1, 0.15) is 11.8 Å². The minimum Gasteiger partial charge on any atom is -0.494 e. The van der Waals surface area contributed by atoms with Gasteiger partial charge in [-0.15, -0.1) is 0 Å². The average molecular weight is 509 g/mol. The van der Waals surface area contributed by atoms with Crippen LogP contribution in [0.15, 0.2) is 54.6 Å². The number of likely N-dealkylation sites (tertiary alicyclic amines) is 1. The lowest BCUT2D eigenvalue weighted by molar-refractivity contribution is -0.144. The van der Waals surface area contributed by atoms with Crippen LogP contribution in [0.5, 0.6) is 5.75 Å². The molecule has 0 aliphatic carbocycles. The maximum atomic E-state index is 13.5. The monoisotopic (exact) mass is 508 g/mol. The molecule has 2 aliphatic heterocycles. The van der Waals surface area contributed by atoms with Crippen molar-refractivity contribution in [2.45, 2.75) is 32.2 Å². The number of rotatable bonds is 8. The summed E-state index contributed by atoms with van der Waals surface area (Å²) in [5, 5.41) is 5.68. The minimum absolute atomic E-state index is 0.0781. The third-order valence-electron chi connectivity index (χ3n) is 6.79. The second kappa shape index (κ2) is 13.1. The largest absolute Gasteiger partial charge is 0.494 e. The summed E-state index contributed by atoms with van der Waals surface area (Å²) >= 11 is 0. The summed E-state index contributed by atoms with van der Waals surface area (Å²) in [6, 6.07) is 15.6. The summed E-state index contributed by atoms with van der Waals surface area (Å²) in [5.74, 6) is 0.666. The van der Waals surface area contributed by atoms with Crippen molar-refractivity contribution in [3.63, 3.8) is 0 Å². The van der Waals surface area contributed by atoms with E-state index in [1.165, 1.54) is 0 Å². The summed E-state index contributed by atoms with van der Waals surface area (Å²) < 4.78 is 10.8. The highest BCUT2D eigenvalue weighted by atomic mass is 16.5. The molecule has 198 valence electrons. The second-order valence-electron chi connectivity index (χ2n) is 9.34. The number of hydrogen-bond acceptors (Lipinski definition) is 5. The highest BCUT2D eigenvalue weighted by molar-refractivity contribution is 5.94. The Morgan fingerprint density at radius 1 is 0.946 bits per heavy atom. The fourth-order valence-electron chi connectivity index (χ4n) is 4.79. The Kier molecular flexibility index (Phi) is 9.37. The Balaban J connectivity index is 1.37. The van der Waals surface area contributed by atoms with Gasteiger partial charge in [-0.1, -0.05) is 30.3 Å². The fourth-order valence-corrected chi connectivity index (χ4v) is 4.79. The van der Waals surface area contributed by atoms with Crippen LogP contribution in [0, 0.1) is 5.92 Å². The highest BCUT2D eigenvalue weighted by Gasteiger charge is 2.33. The summed E-state index contributed by atoms with van der Waals surface area (Å²) in [4.78, 5) is 42.9. The van der Waals surface area contributed by atoms with Crippen LogP contribution in [0.3, 0.4) is 0 Å². The molecule has 0 radical (unpaired) electrons. The van der Waals surface area contributed by atoms with Crippen LogP contribution < -0.4 is 15.4 Å². The Morgan fingerprint density at radius 2 is 1.62 bits per heavy atom. The van der Waals surface area contributed by atoms with Crippen molar-refractivity contribution in [1.82, 2.24) is 15.1 Å². The molecule has 0 bridgehead atoms. The number of urea groups is 1. The minimum atomic E-state index is -0.725. The number of morpholine rings is 1. The fraction of sp³-hybridized carbons (Fsp3) is 0.464.